The van der Waals surface area contributed by atoms with Gasteiger partial charge in [-0.3, -0.25) is 4.90 Å². The van der Waals surface area contributed by atoms with E-state index in [9.17, 15) is 4.79 Å². The first kappa shape index (κ1) is 23.2. The van der Waals surface area contributed by atoms with Crippen LogP contribution in [-0.4, -0.2) is 45.6 Å². The number of carbonyl (C=O) groups is 1. The fraction of sp³-hybridized carbons (Fsp3) is 0.385. The molecule has 0 aliphatic carbocycles. The Labute approximate surface area is 199 Å². The molecule has 0 bridgehead atoms. The topological polar surface area (TPSA) is 56.6 Å². The number of hydrogen-bond donors (Lipinski definition) is 0. The Morgan fingerprint density at radius 2 is 1.82 bits per heavy atom. The van der Waals surface area contributed by atoms with Crippen molar-refractivity contribution in [2.24, 2.45) is 0 Å². The summed E-state index contributed by atoms with van der Waals surface area (Å²) >= 11 is 1.79. The monoisotopic (exact) mass is 465 g/mol. The summed E-state index contributed by atoms with van der Waals surface area (Å²) < 4.78 is 13.5. The lowest BCUT2D eigenvalue weighted by atomic mass is 10.1. The number of aromatic nitrogens is 2. The molecule has 1 aromatic heterocycles. The van der Waals surface area contributed by atoms with Crippen molar-refractivity contribution in [3.8, 4) is 17.0 Å². The third-order valence-electron chi connectivity index (χ3n) is 5.48. The number of benzene rings is 2. The number of fused-ring (bicyclic) bond motifs is 1. The average Bonchev–Trinajstić information content (AvgIpc) is 3.23. The van der Waals surface area contributed by atoms with Gasteiger partial charge in [0, 0.05) is 35.5 Å². The maximum Gasteiger partial charge on any atom is 0.410 e. The average molecular weight is 466 g/mol. The predicted octanol–water partition coefficient (Wildman–Crippen LogP) is 6.03. The largest absolute Gasteiger partial charge is 0.496 e. The zero-order valence-electron chi connectivity index (χ0n) is 19.7. The molecule has 33 heavy (non-hydrogen) atoms. The summed E-state index contributed by atoms with van der Waals surface area (Å²) in [5.74, 6) is 2.54. The van der Waals surface area contributed by atoms with Crippen LogP contribution in [0.3, 0.4) is 0 Å². The molecule has 4 rings (SSSR count). The van der Waals surface area contributed by atoms with Gasteiger partial charge in [-0.05, 0) is 51.5 Å². The third-order valence-corrected chi connectivity index (χ3v) is 6.52. The summed E-state index contributed by atoms with van der Waals surface area (Å²) in [6, 6.07) is 18.1. The number of rotatable bonds is 6. The van der Waals surface area contributed by atoms with Gasteiger partial charge in [-0.25, -0.2) is 9.78 Å². The van der Waals surface area contributed by atoms with Crippen LogP contribution >= 0.6 is 11.8 Å². The number of thioether (sulfide) groups is 1. The molecule has 7 heteroatoms. The van der Waals surface area contributed by atoms with E-state index >= 15 is 0 Å². The van der Waals surface area contributed by atoms with Crippen molar-refractivity contribution in [2.75, 3.05) is 19.4 Å². The highest BCUT2D eigenvalue weighted by Gasteiger charge is 2.35. The first-order chi connectivity index (χ1) is 15.9. The molecule has 1 unspecified atom stereocenters. The molecule has 0 saturated heterocycles. The molecule has 6 nitrogen and oxygen atoms in total. The second-order valence-corrected chi connectivity index (χ2v) is 10.2. The van der Waals surface area contributed by atoms with Crippen LogP contribution in [0.15, 0.2) is 65.7 Å². The lowest BCUT2D eigenvalue weighted by Gasteiger charge is -2.36. The molecular weight excluding hydrogens is 434 g/mol. The van der Waals surface area contributed by atoms with Gasteiger partial charge < -0.3 is 14.0 Å². The van der Waals surface area contributed by atoms with Crippen LogP contribution in [0.1, 0.15) is 39.1 Å². The maximum atomic E-state index is 13.1. The van der Waals surface area contributed by atoms with E-state index in [0.717, 1.165) is 35.0 Å². The lowest BCUT2D eigenvalue weighted by molar-refractivity contribution is 0.00961. The van der Waals surface area contributed by atoms with E-state index in [2.05, 4.69) is 22.9 Å². The minimum atomic E-state index is -0.546. The standard InChI is InChI=1S/C26H31N3O3S/c1-26(2,3)32-25(30)29-16-15-28-18-21(20-12-8-9-13-23(20)31-4)27-24(28)22(29)14-17-33-19-10-6-5-7-11-19/h5-13,18,22H,14-17H2,1-4H3. The van der Waals surface area contributed by atoms with E-state index in [-0.39, 0.29) is 12.1 Å². The van der Waals surface area contributed by atoms with Crippen LogP contribution in [0.25, 0.3) is 11.3 Å². The lowest BCUT2D eigenvalue weighted by Crippen LogP contribution is -2.45. The molecule has 1 aliphatic heterocycles. The van der Waals surface area contributed by atoms with Crippen LogP contribution in [0, 0.1) is 0 Å². The highest BCUT2D eigenvalue weighted by atomic mass is 32.2. The van der Waals surface area contributed by atoms with Gasteiger partial charge in [0.25, 0.3) is 0 Å². The zero-order chi connectivity index (χ0) is 23.4. The molecule has 0 radical (unpaired) electrons. The number of ether oxygens (including phenoxy) is 2. The van der Waals surface area contributed by atoms with Gasteiger partial charge >= 0.3 is 6.09 Å². The quantitative estimate of drug-likeness (QED) is 0.416. The van der Waals surface area contributed by atoms with Crippen molar-refractivity contribution in [3.05, 3.63) is 66.6 Å². The van der Waals surface area contributed by atoms with Crippen LogP contribution in [-0.2, 0) is 11.3 Å². The van der Waals surface area contributed by atoms with Crippen molar-refractivity contribution in [3.63, 3.8) is 0 Å². The SMILES string of the molecule is COc1ccccc1-c1cn2c(n1)C(CCSc1ccccc1)N(C(=O)OC(C)(C)C)CC2. The second kappa shape index (κ2) is 9.91. The van der Waals surface area contributed by atoms with Gasteiger partial charge in [0.15, 0.2) is 0 Å². The fourth-order valence-electron chi connectivity index (χ4n) is 4.00. The van der Waals surface area contributed by atoms with Crippen molar-refractivity contribution >= 4 is 17.9 Å². The summed E-state index contributed by atoms with van der Waals surface area (Å²) in [7, 11) is 1.67. The summed E-state index contributed by atoms with van der Waals surface area (Å²) in [5, 5.41) is 0. The number of imidazole rings is 1. The van der Waals surface area contributed by atoms with Crippen LogP contribution in [0.4, 0.5) is 4.79 Å². The van der Waals surface area contributed by atoms with Gasteiger partial charge in [-0.1, -0.05) is 30.3 Å². The van der Waals surface area contributed by atoms with Crippen LogP contribution in [0.2, 0.25) is 0 Å². The second-order valence-electron chi connectivity index (χ2n) is 9.02. The third kappa shape index (κ3) is 5.53. The van der Waals surface area contributed by atoms with Crippen molar-refractivity contribution in [1.82, 2.24) is 14.5 Å². The number of para-hydroxylation sites is 1. The molecule has 1 amide bonds. The smallest absolute Gasteiger partial charge is 0.410 e. The first-order valence-corrected chi connectivity index (χ1v) is 12.2. The molecule has 2 aromatic carbocycles. The van der Waals surface area contributed by atoms with Gasteiger partial charge in [-0.15, -0.1) is 11.8 Å². The minimum Gasteiger partial charge on any atom is -0.496 e. The van der Waals surface area contributed by atoms with Gasteiger partial charge in [0.2, 0.25) is 0 Å². The molecule has 3 aromatic rings. The molecule has 2 heterocycles. The number of amides is 1. The predicted molar refractivity (Wildman–Crippen MR) is 132 cm³/mol. The Kier molecular flexibility index (Phi) is 6.98. The van der Waals surface area contributed by atoms with Crippen molar-refractivity contribution in [2.45, 2.75) is 50.3 Å². The normalized spacial score (nSPS) is 15.8. The summed E-state index contributed by atoms with van der Waals surface area (Å²) in [4.78, 5) is 21.1. The molecule has 1 atom stereocenters. The molecule has 0 fully saturated rings. The Bertz CT molecular complexity index is 1090. The van der Waals surface area contributed by atoms with E-state index in [1.165, 1.54) is 4.90 Å². The molecule has 0 N–H and O–H groups in total. The summed E-state index contributed by atoms with van der Waals surface area (Å²) in [6.45, 7) is 6.96. The van der Waals surface area contributed by atoms with Crippen LogP contribution < -0.4 is 4.74 Å². The van der Waals surface area contributed by atoms with E-state index in [1.54, 1.807) is 18.9 Å². The molecule has 1 aliphatic rings. The Morgan fingerprint density at radius 1 is 1.09 bits per heavy atom. The summed E-state index contributed by atoms with van der Waals surface area (Å²) in [5.41, 5.74) is 1.26. The van der Waals surface area contributed by atoms with Crippen molar-refractivity contribution < 1.29 is 14.3 Å². The minimum absolute atomic E-state index is 0.159. The fourth-order valence-corrected chi connectivity index (χ4v) is 4.93. The molecule has 174 valence electrons. The Morgan fingerprint density at radius 3 is 2.55 bits per heavy atom. The van der Waals surface area contributed by atoms with Gasteiger partial charge in [0.1, 0.15) is 17.2 Å². The van der Waals surface area contributed by atoms with E-state index in [0.29, 0.717) is 13.1 Å². The van der Waals surface area contributed by atoms with Crippen LogP contribution in [0.5, 0.6) is 5.75 Å². The molecule has 0 saturated carbocycles. The van der Waals surface area contributed by atoms with E-state index < -0.39 is 5.60 Å². The molecule has 0 spiro atoms. The number of hydrogen-bond acceptors (Lipinski definition) is 5. The van der Waals surface area contributed by atoms with E-state index in [1.807, 2.05) is 68.1 Å². The van der Waals surface area contributed by atoms with Crippen molar-refractivity contribution in [1.29, 1.82) is 0 Å². The first-order valence-electron chi connectivity index (χ1n) is 11.2. The Balaban J connectivity index is 1.62. The maximum absolute atomic E-state index is 13.1. The highest BCUT2D eigenvalue weighted by Crippen LogP contribution is 2.36. The number of methoxy groups -OCH3 is 1. The highest BCUT2D eigenvalue weighted by molar-refractivity contribution is 7.99. The number of carbonyl (C=O) groups excluding carboxylic acids is 1. The number of nitrogens with zero attached hydrogens (tertiary/aromatic N) is 3. The van der Waals surface area contributed by atoms with Gasteiger partial charge in [0.05, 0.1) is 18.8 Å². The zero-order valence-corrected chi connectivity index (χ0v) is 20.5. The van der Waals surface area contributed by atoms with Gasteiger partial charge in [-0.2, -0.15) is 0 Å². The summed E-state index contributed by atoms with van der Waals surface area (Å²) in [6.07, 6.45) is 2.56. The van der Waals surface area contributed by atoms with E-state index in [4.69, 9.17) is 14.5 Å². The Hall–Kier alpha value is -2.93. The molecular formula is C26H31N3O3S.